The largest absolute Gasteiger partial charge is 0.340 e. The van der Waals surface area contributed by atoms with E-state index in [1.807, 2.05) is 13.8 Å². The molecule has 2 aromatic rings. The van der Waals surface area contributed by atoms with Crippen molar-refractivity contribution in [2.45, 2.75) is 25.9 Å². The SMILES string of the molecule is CC(C)n1nccc1-c1nccc(F)c1C(O)(O)O. The monoisotopic (exact) mass is 267 g/mol. The molecule has 0 aliphatic carbocycles. The topological polar surface area (TPSA) is 91.4 Å². The Labute approximate surface area is 108 Å². The number of aliphatic hydroxyl groups is 3. The third kappa shape index (κ3) is 2.48. The van der Waals surface area contributed by atoms with Crippen molar-refractivity contribution in [1.29, 1.82) is 0 Å². The van der Waals surface area contributed by atoms with Gasteiger partial charge in [0, 0.05) is 18.4 Å². The molecule has 19 heavy (non-hydrogen) atoms. The van der Waals surface area contributed by atoms with Crippen LogP contribution in [0.4, 0.5) is 4.39 Å². The maximum Gasteiger partial charge on any atom is 0.309 e. The van der Waals surface area contributed by atoms with E-state index in [1.54, 1.807) is 6.07 Å². The maximum absolute atomic E-state index is 13.7. The van der Waals surface area contributed by atoms with Gasteiger partial charge in [-0.25, -0.2) is 4.39 Å². The fourth-order valence-electron chi connectivity index (χ4n) is 1.86. The summed E-state index contributed by atoms with van der Waals surface area (Å²) in [5, 5.41) is 31.9. The summed E-state index contributed by atoms with van der Waals surface area (Å²) in [6, 6.07) is 2.46. The molecule has 0 fully saturated rings. The van der Waals surface area contributed by atoms with Gasteiger partial charge in [-0.1, -0.05) is 0 Å². The van der Waals surface area contributed by atoms with Crippen molar-refractivity contribution in [1.82, 2.24) is 14.8 Å². The first-order valence-corrected chi connectivity index (χ1v) is 5.68. The molecule has 7 heteroatoms. The zero-order chi connectivity index (χ0) is 14.2. The van der Waals surface area contributed by atoms with Crippen molar-refractivity contribution >= 4 is 0 Å². The van der Waals surface area contributed by atoms with Crippen LogP contribution < -0.4 is 0 Å². The Bertz CT molecular complexity index is 590. The van der Waals surface area contributed by atoms with Gasteiger partial charge in [0.25, 0.3) is 0 Å². The lowest BCUT2D eigenvalue weighted by Gasteiger charge is -2.19. The fourth-order valence-corrected chi connectivity index (χ4v) is 1.86. The van der Waals surface area contributed by atoms with Gasteiger partial charge in [0.1, 0.15) is 17.1 Å². The number of halogens is 1. The van der Waals surface area contributed by atoms with Crippen molar-refractivity contribution < 1.29 is 19.7 Å². The van der Waals surface area contributed by atoms with Crippen molar-refractivity contribution in [3.05, 3.63) is 35.9 Å². The van der Waals surface area contributed by atoms with Crippen molar-refractivity contribution in [2.24, 2.45) is 0 Å². The van der Waals surface area contributed by atoms with Gasteiger partial charge in [-0.15, -0.1) is 0 Å². The van der Waals surface area contributed by atoms with Gasteiger partial charge in [-0.05, 0) is 26.0 Å². The van der Waals surface area contributed by atoms with Crippen molar-refractivity contribution in [3.63, 3.8) is 0 Å². The summed E-state index contributed by atoms with van der Waals surface area (Å²) in [5.74, 6) is -4.27. The number of pyridine rings is 1. The van der Waals surface area contributed by atoms with Gasteiger partial charge in [-0.2, -0.15) is 5.10 Å². The normalized spacial score (nSPS) is 12.2. The van der Waals surface area contributed by atoms with Gasteiger partial charge in [0.05, 0.1) is 5.69 Å². The molecule has 2 heterocycles. The molecule has 2 rings (SSSR count). The van der Waals surface area contributed by atoms with Gasteiger partial charge in [0.15, 0.2) is 0 Å². The van der Waals surface area contributed by atoms with Crippen molar-refractivity contribution in [3.8, 4) is 11.4 Å². The first-order valence-electron chi connectivity index (χ1n) is 5.68. The van der Waals surface area contributed by atoms with E-state index in [-0.39, 0.29) is 11.7 Å². The molecule has 0 spiro atoms. The lowest BCUT2D eigenvalue weighted by atomic mass is 10.1. The molecule has 3 N–H and O–H groups in total. The summed E-state index contributed by atoms with van der Waals surface area (Å²) in [7, 11) is 0. The molecule has 6 nitrogen and oxygen atoms in total. The average molecular weight is 267 g/mol. The van der Waals surface area contributed by atoms with Crippen LogP contribution in [0.25, 0.3) is 11.4 Å². The minimum atomic E-state index is -3.31. The molecule has 0 unspecified atom stereocenters. The van der Waals surface area contributed by atoms with E-state index in [1.165, 1.54) is 17.1 Å². The fraction of sp³-hybridized carbons (Fsp3) is 0.333. The predicted molar refractivity (Wildman–Crippen MR) is 64.1 cm³/mol. The van der Waals surface area contributed by atoms with E-state index in [2.05, 4.69) is 10.1 Å². The lowest BCUT2D eigenvalue weighted by Crippen LogP contribution is -2.27. The second-order valence-corrected chi connectivity index (χ2v) is 4.41. The molecule has 2 aromatic heterocycles. The Morgan fingerprint density at radius 2 is 1.89 bits per heavy atom. The summed E-state index contributed by atoms with van der Waals surface area (Å²) in [6.07, 6.45) is 2.66. The summed E-state index contributed by atoms with van der Waals surface area (Å²) >= 11 is 0. The van der Waals surface area contributed by atoms with E-state index in [0.29, 0.717) is 5.69 Å². The Morgan fingerprint density at radius 3 is 2.47 bits per heavy atom. The highest BCUT2D eigenvalue weighted by Crippen LogP contribution is 2.30. The second-order valence-electron chi connectivity index (χ2n) is 4.41. The maximum atomic E-state index is 13.7. The van der Waals surface area contributed by atoms with Gasteiger partial charge < -0.3 is 15.3 Å². The highest BCUT2D eigenvalue weighted by atomic mass is 19.1. The molecule has 0 atom stereocenters. The number of rotatable bonds is 3. The first kappa shape index (κ1) is 13.6. The minimum absolute atomic E-state index is 0.0339. The van der Waals surface area contributed by atoms with Crippen LogP contribution in [0.15, 0.2) is 24.5 Å². The van der Waals surface area contributed by atoms with E-state index in [4.69, 9.17) is 0 Å². The molecular formula is C12H14FN3O3. The standard InChI is InChI=1S/C12H14FN3O3/c1-7(2)16-9(4-6-15-16)11-10(12(17,18)19)8(13)3-5-14-11/h3-7,17-19H,1-2H3. The van der Waals surface area contributed by atoms with Crippen LogP contribution in [-0.2, 0) is 5.97 Å². The van der Waals surface area contributed by atoms with Gasteiger partial charge in [-0.3, -0.25) is 9.67 Å². The lowest BCUT2D eigenvalue weighted by molar-refractivity contribution is -0.325. The van der Waals surface area contributed by atoms with E-state index < -0.39 is 17.4 Å². The molecule has 0 radical (unpaired) electrons. The first-order chi connectivity index (χ1) is 8.82. The number of aromatic nitrogens is 3. The van der Waals surface area contributed by atoms with Crippen LogP contribution in [0.1, 0.15) is 25.5 Å². The van der Waals surface area contributed by atoms with E-state index in [0.717, 1.165) is 6.07 Å². The molecule has 0 aromatic carbocycles. The van der Waals surface area contributed by atoms with Crippen LogP contribution in [0.3, 0.4) is 0 Å². The molecular weight excluding hydrogens is 253 g/mol. The van der Waals surface area contributed by atoms with Crippen LogP contribution in [0, 0.1) is 5.82 Å². The Morgan fingerprint density at radius 1 is 1.21 bits per heavy atom. The Kier molecular flexibility index (Phi) is 3.36. The van der Waals surface area contributed by atoms with Gasteiger partial charge >= 0.3 is 5.97 Å². The third-order valence-electron chi connectivity index (χ3n) is 2.64. The molecule has 0 saturated heterocycles. The van der Waals surface area contributed by atoms with Crippen LogP contribution in [0.2, 0.25) is 0 Å². The third-order valence-corrected chi connectivity index (χ3v) is 2.64. The van der Waals surface area contributed by atoms with Crippen LogP contribution in [0.5, 0.6) is 0 Å². The van der Waals surface area contributed by atoms with Gasteiger partial charge in [0.2, 0.25) is 0 Å². The highest BCUT2D eigenvalue weighted by Gasteiger charge is 2.32. The molecule has 0 aliphatic rings. The smallest absolute Gasteiger partial charge is 0.309 e. The molecule has 0 aliphatic heterocycles. The average Bonchev–Trinajstić information content (AvgIpc) is 2.75. The van der Waals surface area contributed by atoms with E-state index >= 15 is 0 Å². The number of hydrogen-bond donors (Lipinski definition) is 3. The molecule has 102 valence electrons. The summed E-state index contributed by atoms with van der Waals surface area (Å²) in [6.45, 7) is 3.72. The Hall–Kier alpha value is -1.83. The molecule has 0 saturated carbocycles. The van der Waals surface area contributed by atoms with Crippen LogP contribution in [-0.4, -0.2) is 30.1 Å². The summed E-state index contributed by atoms with van der Waals surface area (Å²) < 4.78 is 15.3. The van der Waals surface area contributed by atoms with Crippen molar-refractivity contribution in [2.75, 3.05) is 0 Å². The second kappa shape index (κ2) is 4.69. The predicted octanol–water partition coefficient (Wildman–Crippen LogP) is 0.752. The zero-order valence-electron chi connectivity index (χ0n) is 10.4. The summed E-state index contributed by atoms with van der Waals surface area (Å²) in [4.78, 5) is 3.91. The minimum Gasteiger partial charge on any atom is -0.340 e. The van der Waals surface area contributed by atoms with E-state index in [9.17, 15) is 19.7 Å². The van der Waals surface area contributed by atoms with Crippen LogP contribution >= 0.6 is 0 Å². The number of hydrogen-bond acceptors (Lipinski definition) is 5. The molecule has 0 amide bonds. The zero-order valence-corrected chi connectivity index (χ0v) is 10.4. The number of nitrogens with zero attached hydrogens (tertiary/aromatic N) is 3. The molecule has 0 bridgehead atoms. The highest BCUT2D eigenvalue weighted by molar-refractivity contribution is 5.60. The quantitative estimate of drug-likeness (QED) is 0.714. The summed E-state index contributed by atoms with van der Waals surface area (Å²) in [5.41, 5.74) is -0.387. The Balaban J connectivity index is 2.70.